The van der Waals surface area contributed by atoms with E-state index < -0.39 is 12.0 Å². The van der Waals surface area contributed by atoms with Crippen LogP contribution in [0.2, 0.25) is 0 Å². The van der Waals surface area contributed by atoms with Crippen LogP contribution in [0.3, 0.4) is 0 Å². The summed E-state index contributed by atoms with van der Waals surface area (Å²) in [5.41, 5.74) is 0.414. The lowest BCUT2D eigenvalue weighted by Gasteiger charge is -2.15. The minimum atomic E-state index is -1.13. The molecule has 1 aliphatic carbocycles. The third-order valence-corrected chi connectivity index (χ3v) is 3.85. The Labute approximate surface area is 123 Å². The first-order valence-corrected chi connectivity index (χ1v) is 7.07. The topological polar surface area (TPSA) is 98.7 Å². The normalized spacial score (nSPS) is 15.3. The number of anilines is 1. The molecule has 1 aromatic rings. The van der Waals surface area contributed by atoms with Gasteiger partial charge in [-0.1, -0.05) is 13.3 Å². The molecule has 0 spiro atoms. The number of carboxylic acids is 1. The fourth-order valence-corrected chi connectivity index (χ4v) is 2.43. The maximum Gasteiger partial charge on any atom is 0.335 e. The molecule has 1 aromatic carbocycles. The first-order valence-electron chi connectivity index (χ1n) is 7.07. The third-order valence-electron chi connectivity index (χ3n) is 3.85. The molecule has 21 heavy (non-hydrogen) atoms. The number of hydrogen-bond donors (Lipinski definition) is 4. The molecule has 6 heteroatoms. The van der Waals surface area contributed by atoms with E-state index >= 15 is 0 Å². The molecule has 0 heterocycles. The van der Waals surface area contributed by atoms with Crippen molar-refractivity contribution < 1.29 is 19.8 Å². The Morgan fingerprint density at radius 1 is 1.33 bits per heavy atom. The van der Waals surface area contributed by atoms with Gasteiger partial charge in [-0.15, -0.1) is 0 Å². The van der Waals surface area contributed by atoms with Crippen molar-refractivity contribution in [1.29, 1.82) is 0 Å². The van der Waals surface area contributed by atoms with E-state index in [0.717, 1.165) is 31.7 Å². The van der Waals surface area contributed by atoms with Crippen molar-refractivity contribution >= 4 is 17.7 Å². The number of rotatable bonds is 6. The number of carbonyl (C=O) groups excluding carboxylic acids is 1. The average Bonchev–Trinajstić information content (AvgIpc) is 3.19. The van der Waals surface area contributed by atoms with Gasteiger partial charge >= 0.3 is 12.0 Å². The highest BCUT2D eigenvalue weighted by atomic mass is 16.4. The quantitative estimate of drug-likeness (QED) is 0.606. The van der Waals surface area contributed by atoms with Crippen LogP contribution in [0.25, 0.3) is 0 Å². The Balaban J connectivity index is 1.89. The number of phenols is 1. The van der Waals surface area contributed by atoms with Crippen LogP contribution in [0.1, 0.15) is 43.0 Å². The van der Waals surface area contributed by atoms with Crippen LogP contribution in [0, 0.1) is 5.41 Å². The monoisotopic (exact) mass is 292 g/mol. The summed E-state index contributed by atoms with van der Waals surface area (Å²) in [5.74, 6) is -1.39. The second-order valence-corrected chi connectivity index (χ2v) is 5.59. The van der Waals surface area contributed by atoms with Crippen molar-refractivity contribution in [3.8, 4) is 5.75 Å². The largest absolute Gasteiger partial charge is 0.506 e. The van der Waals surface area contributed by atoms with Gasteiger partial charge in [0.05, 0.1) is 11.3 Å². The summed E-state index contributed by atoms with van der Waals surface area (Å²) in [6.45, 7) is 2.75. The Hall–Kier alpha value is -2.24. The number of nitrogens with one attached hydrogen (secondary N) is 2. The zero-order valence-electron chi connectivity index (χ0n) is 12.0. The Morgan fingerprint density at radius 2 is 2.05 bits per heavy atom. The molecule has 0 aliphatic heterocycles. The number of aromatic hydroxyl groups is 1. The van der Waals surface area contributed by atoms with Gasteiger partial charge in [0.25, 0.3) is 0 Å². The zero-order valence-corrected chi connectivity index (χ0v) is 12.0. The first kappa shape index (κ1) is 15.2. The number of amides is 2. The summed E-state index contributed by atoms with van der Waals surface area (Å²) in [6.07, 6.45) is 4.48. The molecule has 1 aliphatic rings. The van der Waals surface area contributed by atoms with Crippen LogP contribution in [0.5, 0.6) is 5.75 Å². The molecule has 4 N–H and O–H groups in total. The summed E-state index contributed by atoms with van der Waals surface area (Å²) in [7, 11) is 0. The van der Waals surface area contributed by atoms with Gasteiger partial charge in [-0.05, 0) is 42.9 Å². The summed E-state index contributed by atoms with van der Waals surface area (Å²) >= 11 is 0. The van der Waals surface area contributed by atoms with E-state index in [1.165, 1.54) is 12.1 Å². The maximum atomic E-state index is 11.8. The highest BCUT2D eigenvalue weighted by Gasteiger charge is 2.41. The number of benzene rings is 1. The second kappa shape index (κ2) is 6.03. The van der Waals surface area contributed by atoms with E-state index in [0.29, 0.717) is 6.54 Å². The molecule has 1 saturated carbocycles. The smallest absolute Gasteiger partial charge is 0.335 e. The number of carboxylic acid groups (broad SMARTS) is 1. The van der Waals surface area contributed by atoms with Crippen LogP contribution < -0.4 is 10.6 Å². The van der Waals surface area contributed by atoms with Gasteiger partial charge in [0.15, 0.2) is 0 Å². The molecule has 114 valence electrons. The lowest BCUT2D eigenvalue weighted by Crippen LogP contribution is -2.33. The van der Waals surface area contributed by atoms with Gasteiger partial charge in [-0.25, -0.2) is 9.59 Å². The van der Waals surface area contributed by atoms with E-state index in [4.69, 9.17) is 5.11 Å². The fourth-order valence-electron chi connectivity index (χ4n) is 2.43. The Morgan fingerprint density at radius 3 is 2.57 bits per heavy atom. The van der Waals surface area contributed by atoms with Crippen LogP contribution >= 0.6 is 0 Å². The Bertz CT molecular complexity index is 553. The molecule has 0 aromatic heterocycles. The number of carbonyl (C=O) groups is 2. The van der Waals surface area contributed by atoms with Gasteiger partial charge < -0.3 is 20.8 Å². The van der Waals surface area contributed by atoms with Crippen molar-refractivity contribution in [2.24, 2.45) is 5.41 Å². The third kappa shape index (κ3) is 3.87. The SMILES string of the molecule is CCCC1(CNC(=O)Nc2ccc(C(=O)O)cc2O)CC1. The van der Waals surface area contributed by atoms with Gasteiger partial charge in [0, 0.05) is 6.54 Å². The molecule has 2 amide bonds. The molecule has 0 saturated heterocycles. The lowest BCUT2D eigenvalue weighted by atomic mass is 10.0. The van der Waals surface area contributed by atoms with Crippen LogP contribution in [-0.2, 0) is 0 Å². The molecule has 6 nitrogen and oxygen atoms in total. The molecule has 0 atom stereocenters. The molecule has 1 fully saturated rings. The van der Waals surface area contributed by atoms with Crippen molar-refractivity contribution in [3.63, 3.8) is 0 Å². The van der Waals surface area contributed by atoms with Crippen LogP contribution in [-0.4, -0.2) is 28.8 Å². The van der Waals surface area contributed by atoms with Gasteiger partial charge in [0.1, 0.15) is 5.75 Å². The zero-order chi connectivity index (χ0) is 15.5. The van der Waals surface area contributed by atoms with E-state index in [1.54, 1.807) is 0 Å². The van der Waals surface area contributed by atoms with Crippen LogP contribution in [0.4, 0.5) is 10.5 Å². The van der Waals surface area contributed by atoms with Crippen molar-refractivity contribution in [2.75, 3.05) is 11.9 Å². The van der Waals surface area contributed by atoms with E-state index in [2.05, 4.69) is 17.6 Å². The molecule has 0 bridgehead atoms. The minimum absolute atomic E-state index is 0.0293. The van der Waals surface area contributed by atoms with E-state index in [9.17, 15) is 14.7 Å². The van der Waals surface area contributed by atoms with Gasteiger partial charge in [-0.2, -0.15) is 0 Å². The minimum Gasteiger partial charge on any atom is -0.506 e. The fraction of sp³-hybridized carbons (Fsp3) is 0.467. The summed E-state index contributed by atoms with van der Waals surface area (Å²) in [5, 5.41) is 23.8. The maximum absolute atomic E-state index is 11.8. The molecule has 0 radical (unpaired) electrons. The summed E-state index contributed by atoms with van der Waals surface area (Å²) in [6, 6.07) is 3.42. The van der Waals surface area contributed by atoms with E-state index in [1.807, 2.05) is 0 Å². The van der Waals surface area contributed by atoms with Gasteiger partial charge in [0.2, 0.25) is 0 Å². The van der Waals surface area contributed by atoms with Crippen molar-refractivity contribution in [1.82, 2.24) is 5.32 Å². The van der Waals surface area contributed by atoms with Crippen LogP contribution in [0.15, 0.2) is 18.2 Å². The number of urea groups is 1. The predicted octanol–water partition coefficient (Wildman–Crippen LogP) is 2.79. The number of hydrogen-bond acceptors (Lipinski definition) is 3. The number of aromatic carboxylic acids is 1. The Kier molecular flexibility index (Phi) is 4.35. The molecule has 2 rings (SSSR count). The first-order chi connectivity index (χ1) is 9.96. The van der Waals surface area contributed by atoms with Gasteiger partial charge in [-0.3, -0.25) is 0 Å². The average molecular weight is 292 g/mol. The number of phenolic OH excluding ortho intramolecular Hbond substituents is 1. The molecular formula is C15H20N2O4. The summed E-state index contributed by atoms with van der Waals surface area (Å²) in [4.78, 5) is 22.6. The highest BCUT2D eigenvalue weighted by molar-refractivity contribution is 5.93. The standard InChI is InChI=1S/C15H20N2O4/c1-2-5-15(6-7-15)9-16-14(21)17-11-4-3-10(13(19)20)8-12(11)18/h3-4,8,18H,2,5-7,9H2,1H3,(H,19,20)(H2,16,17,21). The highest BCUT2D eigenvalue weighted by Crippen LogP contribution is 2.48. The second-order valence-electron chi connectivity index (χ2n) is 5.59. The van der Waals surface area contributed by atoms with Crippen molar-refractivity contribution in [2.45, 2.75) is 32.6 Å². The summed E-state index contributed by atoms with van der Waals surface area (Å²) < 4.78 is 0. The molecule has 0 unspecified atom stereocenters. The van der Waals surface area contributed by atoms with E-state index in [-0.39, 0.29) is 22.4 Å². The lowest BCUT2D eigenvalue weighted by molar-refractivity contribution is 0.0696. The molecular weight excluding hydrogens is 272 g/mol. The van der Waals surface area contributed by atoms with Crippen molar-refractivity contribution in [3.05, 3.63) is 23.8 Å². The predicted molar refractivity (Wildman–Crippen MR) is 78.7 cm³/mol.